The smallest absolute Gasteiger partial charge is 0.227 e. The van der Waals surface area contributed by atoms with Crippen LogP contribution in [0.1, 0.15) is 32.1 Å². The van der Waals surface area contributed by atoms with Gasteiger partial charge in [0.25, 0.3) is 0 Å². The average Bonchev–Trinajstić information content (AvgIpc) is 2.92. The number of aromatic nitrogens is 3. The highest BCUT2D eigenvalue weighted by Crippen LogP contribution is 2.26. The van der Waals surface area contributed by atoms with Crippen molar-refractivity contribution in [2.45, 2.75) is 32.6 Å². The molecule has 114 valence electrons. The lowest BCUT2D eigenvalue weighted by Gasteiger charge is -2.11. The second-order valence-corrected chi connectivity index (χ2v) is 6.66. The molecule has 0 bridgehead atoms. The number of pyridine rings is 1. The van der Waals surface area contributed by atoms with E-state index in [1.54, 1.807) is 6.20 Å². The second-order valence-electron chi connectivity index (χ2n) is 4.89. The summed E-state index contributed by atoms with van der Waals surface area (Å²) in [5, 5.41) is 4.01. The summed E-state index contributed by atoms with van der Waals surface area (Å²) >= 11 is 6.83. The van der Waals surface area contributed by atoms with E-state index < -0.39 is 0 Å². The molecule has 2 aromatic rings. The van der Waals surface area contributed by atoms with Crippen molar-refractivity contribution >= 4 is 31.9 Å². The highest BCUT2D eigenvalue weighted by molar-refractivity contribution is 9.11. The Labute approximate surface area is 141 Å². The molecule has 2 heterocycles. The molecule has 0 aliphatic heterocycles. The van der Waals surface area contributed by atoms with Crippen molar-refractivity contribution in [2.24, 2.45) is 11.7 Å². The molecule has 0 aromatic carbocycles. The minimum Gasteiger partial charge on any atom is -0.339 e. The molecule has 7 heteroatoms. The summed E-state index contributed by atoms with van der Waals surface area (Å²) in [5.74, 6) is 1.77. The van der Waals surface area contributed by atoms with Gasteiger partial charge in [-0.05, 0) is 63.2 Å². The number of rotatable bonds is 7. The fourth-order valence-corrected chi connectivity index (χ4v) is 3.31. The zero-order valence-electron chi connectivity index (χ0n) is 11.9. The van der Waals surface area contributed by atoms with Gasteiger partial charge < -0.3 is 10.3 Å². The van der Waals surface area contributed by atoms with Crippen LogP contribution >= 0.6 is 31.9 Å². The summed E-state index contributed by atoms with van der Waals surface area (Å²) < 4.78 is 7.04. The number of nitrogens with zero attached hydrogens (tertiary/aromatic N) is 3. The lowest BCUT2D eigenvalue weighted by atomic mass is 9.97. The molecule has 0 saturated carbocycles. The van der Waals surface area contributed by atoms with Crippen LogP contribution in [0.3, 0.4) is 0 Å². The maximum atomic E-state index is 5.61. The number of hydrogen-bond acceptors (Lipinski definition) is 5. The molecule has 0 aliphatic rings. The van der Waals surface area contributed by atoms with E-state index in [0.717, 1.165) is 41.2 Å². The average molecular weight is 418 g/mol. The fourth-order valence-electron chi connectivity index (χ4n) is 2.15. The van der Waals surface area contributed by atoms with Crippen LogP contribution in [0.15, 0.2) is 25.7 Å². The summed E-state index contributed by atoms with van der Waals surface area (Å²) in [6.45, 7) is 2.91. The molecule has 0 amide bonds. The second kappa shape index (κ2) is 8.00. The summed E-state index contributed by atoms with van der Waals surface area (Å²) in [4.78, 5) is 8.73. The van der Waals surface area contributed by atoms with E-state index in [4.69, 9.17) is 10.3 Å². The Hall–Kier alpha value is -0.790. The lowest BCUT2D eigenvalue weighted by molar-refractivity contribution is 0.354. The highest BCUT2D eigenvalue weighted by Gasteiger charge is 2.14. The number of hydrogen-bond donors (Lipinski definition) is 1. The zero-order chi connectivity index (χ0) is 15.2. The topological polar surface area (TPSA) is 77.8 Å². The minimum absolute atomic E-state index is 0.510. The predicted molar refractivity (Wildman–Crippen MR) is 88.7 cm³/mol. The summed E-state index contributed by atoms with van der Waals surface area (Å²) in [6.07, 6.45) is 5.67. The summed E-state index contributed by atoms with van der Waals surface area (Å²) in [7, 11) is 0. The van der Waals surface area contributed by atoms with Gasteiger partial charge in [0.1, 0.15) is 5.69 Å². The van der Waals surface area contributed by atoms with Crippen LogP contribution in [0, 0.1) is 5.92 Å². The van der Waals surface area contributed by atoms with Crippen LogP contribution in [0.25, 0.3) is 11.5 Å². The number of nitrogens with two attached hydrogens (primary N) is 1. The van der Waals surface area contributed by atoms with E-state index in [2.05, 4.69) is 53.9 Å². The fraction of sp³-hybridized carbons (Fsp3) is 0.500. The molecule has 0 fully saturated rings. The van der Waals surface area contributed by atoms with Crippen molar-refractivity contribution < 1.29 is 4.52 Å². The van der Waals surface area contributed by atoms with Gasteiger partial charge in [-0.25, -0.2) is 0 Å². The molecule has 0 spiro atoms. The van der Waals surface area contributed by atoms with Gasteiger partial charge in [-0.1, -0.05) is 18.5 Å². The van der Waals surface area contributed by atoms with Gasteiger partial charge in [0.05, 0.1) is 0 Å². The first-order chi connectivity index (χ1) is 10.1. The number of aryl methyl sites for hydroxylation is 1. The molecule has 2 N–H and O–H groups in total. The van der Waals surface area contributed by atoms with Gasteiger partial charge in [-0.3, -0.25) is 4.98 Å². The van der Waals surface area contributed by atoms with Crippen LogP contribution in [0.2, 0.25) is 0 Å². The van der Waals surface area contributed by atoms with Crippen molar-refractivity contribution in [3.63, 3.8) is 0 Å². The molecule has 5 nitrogen and oxygen atoms in total. The van der Waals surface area contributed by atoms with Crippen molar-refractivity contribution in [1.82, 2.24) is 15.1 Å². The standard InChI is InChI=1S/C14H18Br2N4O/c1-2-9(5-6-17)3-4-12-19-14(20-21-12)13-11(16)7-10(15)8-18-13/h7-9H,2-6,17H2,1H3. The largest absolute Gasteiger partial charge is 0.339 e. The van der Waals surface area contributed by atoms with E-state index in [1.807, 2.05) is 6.07 Å². The monoisotopic (exact) mass is 416 g/mol. The molecule has 1 atom stereocenters. The Morgan fingerprint density at radius 2 is 2.14 bits per heavy atom. The first-order valence-corrected chi connectivity index (χ1v) is 8.56. The normalized spacial score (nSPS) is 12.6. The van der Waals surface area contributed by atoms with Gasteiger partial charge in [0, 0.05) is 21.6 Å². The zero-order valence-corrected chi connectivity index (χ0v) is 15.0. The van der Waals surface area contributed by atoms with Gasteiger partial charge in [0.2, 0.25) is 11.7 Å². The van der Waals surface area contributed by atoms with Crippen molar-refractivity contribution in [2.75, 3.05) is 6.54 Å². The van der Waals surface area contributed by atoms with Gasteiger partial charge in [-0.15, -0.1) is 0 Å². The molecule has 2 rings (SSSR count). The van der Waals surface area contributed by atoms with Crippen LogP contribution in [-0.2, 0) is 6.42 Å². The third kappa shape index (κ3) is 4.59. The van der Waals surface area contributed by atoms with E-state index in [9.17, 15) is 0 Å². The van der Waals surface area contributed by atoms with E-state index in [-0.39, 0.29) is 0 Å². The van der Waals surface area contributed by atoms with Crippen molar-refractivity contribution in [3.05, 3.63) is 27.1 Å². The van der Waals surface area contributed by atoms with Crippen LogP contribution < -0.4 is 5.73 Å². The Balaban J connectivity index is 2.04. The van der Waals surface area contributed by atoms with Crippen molar-refractivity contribution in [3.8, 4) is 11.5 Å². The van der Waals surface area contributed by atoms with Crippen LogP contribution in [-0.4, -0.2) is 21.7 Å². The molecule has 0 radical (unpaired) electrons. The summed E-state index contributed by atoms with van der Waals surface area (Å²) in [6, 6.07) is 1.91. The van der Waals surface area contributed by atoms with Gasteiger partial charge >= 0.3 is 0 Å². The molecule has 1 unspecified atom stereocenters. The highest BCUT2D eigenvalue weighted by atomic mass is 79.9. The maximum absolute atomic E-state index is 5.61. The van der Waals surface area contributed by atoms with Crippen LogP contribution in [0.5, 0.6) is 0 Å². The first-order valence-electron chi connectivity index (χ1n) is 6.98. The molecule has 0 saturated heterocycles. The molecule has 2 aromatic heterocycles. The lowest BCUT2D eigenvalue weighted by Crippen LogP contribution is -2.09. The van der Waals surface area contributed by atoms with Gasteiger partial charge in [0.15, 0.2) is 0 Å². The first kappa shape index (κ1) is 16.6. The van der Waals surface area contributed by atoms with Crippen LogP contribution in [0.4, 0.5) is 0 Å². The number of halogens is 2. The summed E-state index contributed by atoms with van der Waals surface area (Å²) in [5.41, 5.74) is 6.30. The minimum atomic E-state index is 0.510. The molecular weight excluding hydrogens is 400 g/mol. The SMILES string of the molecule is CCC(CCN)CCc1nc(-c2ncc(Br)cc2Br)no1. The Kier molecular flexibility index (Phi) is 6.32. The quantitative estimate of drug-likeness (QED) is 0.737. The Morgan fingerprint density at radius 1 is 1.33 bits per heavy atom. The molecular formula is C14H18Br2N4O. The third-order valence-electron chi connectivity index (χ3n) is 3.41. The molecule has 21 heavy (non-hydrogen) atoms. The van der Waals surface area contributed by atoms with E-state index in [0.29, 0.717) is 23.3 Å². The maximum Gasteiger partial charge on any atom is 0.227 e. The van der Waals surface area contributed by atoms with E-state index >= 15 is 0 Å². The van der Waals surface area contributed by atoms with Crippen molar-refractivity contribution in [1.29, 1.82) is 0 Å². The van der Waals surface area contributed by atoms with E-state index in [1.165, 1.54) is 0 Å². The molecule has 0 aliphatic carbocycles. The Bertz CT molecular complexity index is 588. The van der Waals surface area contributed by atoms with Gasteiger partial charge in [-0.2, -0.15) is 4.98 Å². The predicted octanol–water partition coefficient (Wildman–Crippen LogP) is 3.96. The third-order valence-corrected chi connectivity index (χ3v) is 4.44. The Morgan fingerprint density at radius 3 is 2.81 bits per heavy atom.